The molecule has 1 aliphatic heterocycles. The van der Waals surface area contributed by atoms with Crippen molar-refractivity contribution in [2.24, 2.45) is 0 Å². The van der Waals surface area contributed by atoms with Gasteiger partial charge in [0.15, 0.2) is 29.7 Å². The van der Waals surface area contributed by atoms with Gasteiger partial charge in [0.2, 0.25) is 0 Å². The topological polar surface area (TPSA) is 100 Å². The zero-order valence-electron chi connectivity index (χ0n) is 17.3. The van der Waals surface area contributed by atoms with E-state index in [0.29, 0.717) is 40.8 Å². The minimum atomic E-state index is -0.350. The molecular weight excluding hydrogens is 394 g/mol. The minimum Gasteiger partial charge on any atom is -0.490 e. The molecule has 0 spiro atoms. The maximum atomic E-state index is 12.7. The van der Waals surface area contributed by atoms with Crippen LogP contribution >= 0.6 is 0 Å². The Labute approximate surface area is 180 Å². The maximum absolute atomic E-state index is 12.7. The van der Waals surface area contributed by atoms with Crippen LogP contribution in [0.2, 0.25) is 0 Å². The van der Waals surface area contributed by atoms with Crippen LogP contribution in [0.5, 0.6) is 11.5 Å². The standard InChI is InChI=1S/C23H23N5O3/c1-2-30-20-13-16(14-24)9-10-19(20)31-15-21(29)27-22-23(28-11-5-6-12-28)26-18-8-4-3-7-17(18)25-22/h3-4,7-10,13H,2,5-6,11-12,15H2,1H3,(H,25,27,29). The van der Waals surface area contributed by atoms with E-state index in [9.17, 15) is 4.79 Å². The van der Waals surface area contributed by atoms with Crippen molar-refractivity contribution in [2.75, 3.05) is 36.5 Å². The summed E-state index contributed by atoms with van der Waals surface area (Å²) in [5.41, 5.74) is 1.96. The number of carbonyl (C=O) groups is 1. The van der Waals surface area contributed by atoms with E-state index >= 15 is 0 Å². The van der Waals surface area contributed by atoms with Gasteiger partial charge in [0, 0.05) is 19.2 Å². The lowest BCUT2D eigenvalue weighted by Gasteiger charge is -2.20. The van der Waals surface area contributed by atoms with Crippen LogP contribution in [0.15, 0.2) is 42.5 Å². The molecule has 31 heavy (non-hydrogen) atoms. The highest BCUT2D eigenvalue weighted by atomic mass is 16.5. The number of nitrogens with zero attached hydrogens (tertiary/aromatic N) is 4. The Morgan fingerprint density at radius 2 is 1.84 bits per heavy atom. The van der Waals surface area contributed by atoms with Crippen molar-refractivity contribution < 1.29 is 14.3 Å². The first-order valence-corrected chi connectivity index (χ1v) is 10.3. The van der Waals surface area contributed by atoms with Gasteiger partial charge in [0.1, 0.15) is 0 Å². The summed E-state index contributed by atoms with van der Waals surface area (Å²) < 4.78 is 11.2. The van der Waals surface area contributed by atoms with Gasteiger partial charge < -0.3 is 19.7 Å². The van der Waals surface area contributed by atoms with Crippen LogP contribution in [0.1, 0.15) is 25.3 Å². The number of aromatic nitrogens is 2. The number of nitrogens with one attached hydrogen (secondary N) is 1. The van der Waals surface area contributed by atoms with Crippen molar-refractivity contribution in [3.05, 3.63) is 48.0 Å². The summed E-state index contributed by atoms with van der Waals surface area (Å²) in [6.45, 7) is 3.81. The summed E-state index contributed by atoms with van der Waals surface area (Å²) in [6.07, 6.45) is 2.17. The molecule has 1 aliphatic rings. The zero-order valence-corrected chi connectivity index (χ0v) is 17.3. The van der Waals surface area contributed by atoms with Gasteiger partial charge >= 0.3 is 0 Å². The molecule has 0 unspecified atom stereocenters. The molecule has 8 heteroatoms. The fraction of sp³-hybridized carbons (Fsp3) is 0.304. The fourth-order valence-corrected chi connectivity index (χ4v) is 3.50. The Morgan fingerprint density at radius 1 is 1.10 bits per heavy atom. The summed E-state index contributed by atoms with van der Waals surface area (Å²) in [5, 5.41) is 11.9. The van der Waals surface area contributed by atoms with E-state index in [4.69, 9.17) is 19.7 Å². The predicted molar refractivity (Wildman–Crippen MR) is 117 cm³/mol. The van der Waals surface area contributed by atoms with E-state index in [-0.39, 0.29) is 12.5 Å². The van der Waals surface area contributed by atoms with Crippen LogP contribution in [0.3, 0.4) is 0 Å². The first-order chi connectivity index (χ1) is 15.2. The number of amides is 1. The first-order valence-electron chi connectivity index (χ1n) is 10.3. The number of benzene rings is 2. The van der Waals surface area contributed by atoms with Gasteiger partial charge in [0.25, 0.3) is 5.91 Å². The van der Waals surface area contributed by atoms with E-state index in [1.165, 1.54) is 0 Å². The molecule has 4 rings (SSSR count). The number of fused-ring (bicyclic) bond motifs is 1. The van der Waals surface area contributed by atoms with Crippen LogP contribution in [0.4, 0.5) is 11.6 Å². The summed E-state index contributed by atoms with van der Waals surface area (Å²) >= 11 is 0. The normalized spacial score (nSPS) is 13.1. The van der Waals surface area contributed by atoms with Gasteiger partial charge in [-0.15, -0.1) is 0 Å². The number of rotatable bonds is 7. The lowest BCUT2D eigenvalue weighted by molar-refractivity contribution is -0.118. The molecular formula is C23H23N5O3. The lowest BCUT2D eigenvalue weighted by atomic mass is 10.2. The van der Waals surface area contributed by atoms with Crippen LogP contribution in [-0.4, -0.2) is 42.2 Å². The molecule has 0 radical (unpaired) electrons. The molecule has 3 aromatic rings. The Kier molecular flexibility index (Phi) is 6.13. The van der Waals surface area contributed by atoms with Crippen LogP contribution < -0.4 is 19.7 Å². The smallest absolute Gasteiger partial charge is 0.263 e. The number of para-hydroxylation sites is 2. The molecule has 1 aromatic heterocycles. The van der Waals surface area contributed by atoms with Gasteiger partial charge in [-0.3, -0.25) is 4.79 Å². The minimum absolute atomic E-state index is 0.222. The van der Waals surface area contributed by atoms with Crippen LogP contribution in [0.25, 0.3) is 11.0 Å². The average molecular weight is 417 g/mol. The fourth-order valence-electron chi connectivity index (χ4n) is 3.50. The number of nitriles is 1. The third kappa shape index (κ3) is 4.67. The number of anilines is 2. The molecule has 158 valence electrons. The Morgan fingerprint density at radius 3 is 2.55 bits per heavy atom. The van der Waals surface area contributed by atoms with Crippen LogP contribution in [-0.2, 0) is 4.79 Å². The molecule has 0 saturated carbocycles. The van der Waals surface area contributed by atoms with Crippen molar-refractivity contribution in [2.45, 2.75) is 19.8 Å². The van der Waals surface area contributed by atoms with Crippen molar-refractivity contribution in [1.82, 2.24) is 9.97 Å². The molecule has 0 bridgehead atoms. The maximum Gasteiger partial charge on any atom is 0.263 e. The quantitative estimate of drug-likeness (QED) is 0.628. The number of hydrogen-bond acceptors (Lipinski definition) is 7. The molecule has 1 fully saturated rings. The van der Waals surface area contributed by atoms with Gasteiger partial charge in [-0.1, -0.05) is 12.1 Å². The van der Waals surface area contributed by atoms with Crippen molar-refractivity contribution in [3.63, 3.8) is 0 Å². The summed E-state index contributed by atoms with van der Waals surface area (Å²) in [4.78, 5) is 24.2. The molecule has 0 atom stereocenters. The van der Waals surface area contributed by atoms with E-state index in [1.807, 2.05) is 31.2 Å². The van der Waals surface area contributed by atoms with Gasteiger partial charge in [-0.05, 0) is 44.0 Å². The zero-order chi connectivity index (χ0) is 21.6. The van der Waals surface area contributed by atoms with E-state index in [2.05, 4.69) is 21.3 Å². The first kappa shape index (κ1) is 20.4. The summed E-state index contributed by atoms with van der Waals surface area (Å²) in [5.74, 6) is 1.59. The highest BCUT2D eigenvalue weighted by Gasteiger charge is 2.21. The van der Waals surface area contributed by atoms with Crippen LogP contribution in [0, 0.1) is 11.3 Å². The molecule has 8 nitrogen and oxygen atoms in total. The summed E-state index contributed by atoms with van der Waals surface area (Å²) in [7, 11) is 0. The SMILES string of the molecule is CCOc1cc(C#N)ccc1OCC(=O)Nc1nc2ccccc2nc1N1CCCC1. The second kappa shape index (κ2) is 9.30. The molecule has 1 saturated heterocycles. The third-order valence-electron chi connectivity index (χ3n) is 4.95. The number of ether oxygens (including phenoxy) is 2. The Bertz CT molecular complexity index is 1140. The Hall–Kier alpha value is -3.86. The lowest BCUT2D eigenvalue weighted by Crippen LogP contribution is -2.25. The van der Waals surface area contributed by atoms with Crippen molar-refractivity contribution in [1.29, 1.82) is 5.26 Å². The molecule has 2 heterocycles. The van der Waals surface area contributed by atoms with E-state index in [0.717, 1.165) is 31.4 Å². The monoisotopic (exact) mass is 417 g/mol. The second-order valence-electron chi connectivity index (χ2n) is 7.12. The Balaban J connectivity index is 1.52. The van der Waals surface area contributed by atoms with E-state index in [1.54, 1.807) is 18.2 Å². The van der Waals surface area contributed by atoms with E-state index < -0.39 is 0 Å². The van der Waals surface area contributed by atoms with Gasteiger partial charge in [-0.2, -0.15) is 5.26 Å². The second-order valence-corrected chi connectivity index (χ2v) is 7.12. The number of hydrogen-bond donors (Lipinski definition) is 1. The highest BCUT2D eigenvalue weighted by Crippen LogP contribution is 2.29. The predicted octanol–water partition coefficient (Wildman–Crippen LogP) is 3.52. The molecule has 1 amide bonds. The molecule has 1 N–H and O–H groups in total. The molecule has 0 aliphatic carbocycles. The summed E-state index contributed by atoms with van der Waals surface area (Å²) in [6, 6.07) is 14.5. The number of carbonyl (C=O) groups excluding carboxylic acids is 1. The third-order valence-corrected chi connectivity index (χ3v) is 4.95. The highest BCUT2D eigenvalue weighted by molar-refractivity contribution is 5.95. The van der Waals surface area contributed by atoms with Gasteiger partial charge in [-0.25, -0.2) is 9.97 Å². The molecule has 2 aromatic carbocycles. The van der Waals surface area contributed by atoms with Gasteiger partial charge in [0.05, 0.1) is 29.3 Å². The van der Waals surface area contributed by atoms with Crippen molar-refractivity contribution >= 4 is 28.6 Å². The average Bonchev–Trinajstić information content (AvgIpc) is 3.32. The van der Waals surface area contributed by atoms with Crippen molar-refractivity contribution in [3.8, 4) is 17.6 Å². The largest absolute Gasteiger partial charge is 0.490 e.